The van der Waals surface area contributed by atoms with Crippen LogP contribution in [0.3, 0.4) is 0 Å². The molecule has 0 saturated carbocycles. The van der Waals surface area contributed by atoms with Gasteiger partial charge in [0.2, 0.25) is 0 Å². The van der Waals surface area contributed by atoms with Crippen LogP contribution in [-0.2, 0) is 22.7 Å². The molecule has 2 aromatic rings. The molecule has 0 unspecified atom stereocenters. The molecule has 0 spiro atoms. The van der Waals surface area contributed by atoms with E-state index in [1.165, 1.54) is 14.0 Å². The van der Waals surface area contributed by atoms with Crippen molar-refractivity contribution in [2.75, 3.05) is 7.05 Å². The normalized spacial score (nSPS) is 12.5. The number of carboxylic acid groups (broad SMARTS) is 1. The quantitative estimate of drug-likeness (QED) is 0.659. The van der Waals surface area contributed by atoms with Crippen molar-refractivity contribution >= 4 is 18.0 Å². The summed E-state index contributed by atoms with van der Waals surface area (Å²) in [5.74, 6) is -1.48. The molecule has 2 N–H and O–H groups in total. The standard InChI is InChI=1S/C21H25N3O5/c1-15(13-17-7-5-4-6-8-17)22-21(28)29-14-24-11-9-18(10-12-24)19(25)23(3)16(2)20(26)27/h4-12,15-16H,13-14H2,1-3H3,(H-,22,26,27,28)/p+1/t15-,16-/m0/s1. The minimum Gasteiger partial charge on any atom is -0.480 e. The van der Waals surface area contributed by atoms with Crippen molar-refractivity contribution in [2.24, 2.45) is 0 Å². The van der Waals surface area contributed by atoms with Gasteiger partial charge >= 0.3 is 12.1 Å². The number of hydrogen-bond donors (Lipinski definition) is 2. The molecule has 0 fully saturated rings. The van der Waals surface area contributed by atoms with Crippen molar-refractivity contribution in [3.05, 3.63) is 66.0 Å². The summed E-state index contributed by atoms with van der Waals surface area (Å²) in [6.07, 6.45) is 3.35. The lowest BCUT2D eigenvalue weighted by Gasteiger charge is -2.21. The Morgan fingerprint density at radius 2 is 1.72 bits per heavy atom. The number of aromatic nitrogens is 1. The first-order valence-corrected chi connectivity index (χ1v) is 9.24. The number of hydrogen-bond acceptors (Lipinski definition) is 4. The maximum atomic E-state index is 12.3. The van der Waals surface area contributed by atoms with Crippen LogP contribution in [0.5, 0.6) is 0 Å². The molecule has 1 heterocycles. The van der Waals surface area contributed by atoms with E-state index in [1.54, 1.807) is 29.1 Å². The molecule has 8 nitrogen and oxygen atoms in total. The van der Waals surface area contributed by atoms with Gasteiger partial charge in [0.15, 0.2) is 12.4 Å². The monoisotopic (exact) mass is 400 g/mol. The van der Waals surface area contributed by atoms with Gasteiger partial charge in [0, 0.05) is 25.2 Å². The van der Waals surface area contributed by atoms with Crippen molar-refractivity contribution in [1.29, 1.82) is 0 Å². The molecule has 0 radical (unpaired) electrons. The van der Waals surface area contributed by atoms with Crippen molar-refractivity contribution in [3.63, 3.8) is 0 Å². The molecule has 2 amide bonds. The maximum absolute atomic E-state index is 12.3. The highest BCUT2D eigenvalue weighted by molar-refractivity contribution is 5.96. The van der Waals surface area contributed by atoms with Gasteiger partial charge in [0.05, 0.1) is 5.56 Å². The summed E-state index contributed by atoms with van der Waals surface area (Å²) >= 11 is 0. The summed E-state index contributed by atoms with van der Waals surface area (Å²) in [4.78, 5) is 36.4. The Morgan fingerprint density at radius 3 is 2.31 bits per heavy atom. The Morgan fingerprint density at radius 1 is 1.10 bits per heavy atom. The van der Waals surface area contributed by atoms with Crippen molar-refractivity contribution in [1.82, 2.24) is 10.2 Å². The molecule has 1 aromatic heterocycles. The number of benzene rings is 1. The summed E-state index contributed by atoms with van der Waals surface area (Å²) in [5, 5.41) is 11.8. The van der Waals surface area contributed by atoms with Gasteiger partial charge in [-0.3, -0.25) is 4.79 Å². The first kappa shape index (κ1) is 21.9. The van der Waals surface area contributed by atoms with E-state index >= 15 is 0 Å². The van der Waals surface area contributed by atoms with E-state index in [0.717, 1.165) is 10.5 Å². The summed E-state index contributed by atoms with van der Waals surface area (Å²) < 4.78 is 6.79. The Kier molecular flexibility index (Phi) is 7.70. The van der Waals surface area contributed by atoms with Gasteiger partial charge in [-0.2, -0.15) is 4.57 Å². The highest BCUT2D eigenvalue weighted by Crippen LogP contribution is 2.06. The number of aliphatic carboxylic acids is 1. The van der Waals surface area contributed by atoms with Gasteiger partial charge in [-0.25, -0.2) is 9.59 Å². The molecule has 1 aromatic carbocycles. The van der Waals surface area contributed by atoms with E-state index in [-0.39, 0.29) is 12.8 Å². The molecule has 0 aliphatic heterocycles. The Hall–Kier alpha value is -3.42. The number of likely N-dealkylation sites (N-methyl/N-ethyl adjacent to an activating group) is 1. The number of alkyl carbamates (subject to hydrolysis) is 1. The fourth-order valence-electron chi connectivity index (χ4n) is 2.63. The largest absolute Gasteiger partial charge is 0.480 e. The second-order valence-electron chi connectivity index (χ2n) is 6.83. The summed E-state index contributed by atoms with van der Waals surface area (Å²) in [6, 6.07) is 11.9. The Bertz CT molecular complexity index is 839. The lowest BCUT2D eigenvalue weighted by Crippen LogP contribution is -2.42. The second kappa shape index (κ2) is 10.2. The van der Waals surface area contributed by atoms with E-state index in [1.807, 2.05) is 37.3 Å². The number of rotatable bonds is 8. The van der Waals surface area contributed by atoms with Crippen LogP contribution in [0, 0.1) is 0 Å². The number of carbonyl (C=O) groups excluding carboxylic acids is 2. The highest BCUT2D eigenvalue weighted by atomic mass is 16.6. The average molecular weight is 400 g/mol. The Labute approximate surface area is 169 Å². The summed E-state index contributed by atoms with van der Waals surface area (Å²) in [7, 11) is 1.44. The van der Waals surface area contributed by atoms with E-state index in [9.17, 15) is 14.4 Å². The maximum Gasteiger partial charge on any atom is 0.412 e. The van der Waals surface area contributed by atoms with E-state index < -0.39 is 24.0 Å². The van der Waals surface area contributed by atoms with Crippen LogP contribution < -0.4 is 9.88 Å². The van der Waals surface area contributed by atoms with Crippen molar-refractivity contribution in [3.8, 4) is 0 Å². The van der Waals surface area contributed by atoms with Crippen LogP contribution in [0.15, 0.2) is 54.9 Å². The van der Waals surface area contributed by atoms with Gasteiger partial charge < -0.3 is 20.1 Å². The third kappa shape index (κ3) is 6.60. The smallest absolute Gasteiger partial charge is 0.412 e. The van der Waals surface area contributed by atoms with Crippen LogP contribution in [0.1, 0.15) is 29.8 Å². The van der Waals surface area contributed by atoms with E-state index in [4.69, 9.17) is 9.84 Å². The molecule has 154 valence electrons. The summed E-state index contributed by atoms with van der Waals surface area (Å²) in [5.41, 5.74) is 1.47. The molecule has 0 aliphatic carbocycles. The van der Waals surface area contributed by atoms with Crippen LogP contribution in [0.4, 0.5) is 4.79 Å². The van der Waals surface area contributed by atoms with Crippen LogP contribution in [0.25, 0.3) is 0 Å². The molecular weight excluding hydrogens is 374 g/mol. The number of pyridine rings is 1. The molecule has 0 saturated heterocycles. The van der Waals surface area contributed by atoms with E-state index in [0.29, 0.717) is 12.0 Å². The third-order valence-electron chi connectivity index (χ3n) is 4.49. The summed E-state index contributed by atoms with van der Waals surface area (Å²) in [6.45, 7) is 3.32. The predicted molar refractivity (Wildman–Crippen MR) is 105 cm³/mol. The molecule has 2 rings (SSSR count). The second-order valence-corrected chi connectivity index (χ2v) is 6.83. The number of nitrogens with zero attached hydrogens (tertiary/aromatic N) is 2. The molecule has 29 heavy (non-hydrogen) atoms. The number of carboxylic acids is 1. The zero-order chi connectivity index (χ0) is 21.4. The molecule has 0 aliphatic rings. The zero-order valence-electron chi connectivity index (χ0n) is 16.7. The predicted octanol–water partition coefficient (Wildman–Crippen LogP) is 1.83. The van der Waals surface area contributed by atoms with E-state index in [2.05, 4.69) is 5.32 Å². The third-order valence-corrected chi connectivity index (χ3v) is 4.49. The molecule has 8 heteroatoms. The lowest BCUT2D eigenvalue weighted by atomic mass is 10.1. The van der Waals surface area contributed by atoms with Gasteiger partial charge in [-0.05, 0) is 25.8 Å². The van der Waals surface area contributed by atoms with Crippen LogP contribution in [0.2, 0.25) is 0 Å². The molecule has 0 bridgehead atoms. The fraction of sp³-hybridized carbons (Fsp3) is 0.333. The van der Waals surface area contributed by atoms with Crippen LogP contribution in [-0.4, -0.2) is 47.1 Å². The van der Waals surface area contributed by atoms with Crippen molar-refractivity contribution in [2.45, 2.75) is 39.1 Å². The molecular formula is C21H26N3O5+. The zero-order valence-corrected chi connectivity index (χ0v) is 16.7. The number of nitrogens with one attached hydrogen (secondary N) is 1. The van der Waals surface area contributed by atoms with Crippen molar-refractivity contribution < 1.29 is 28.8 Å². The van der Waals surface area contributed by atoms with Gasteiger partial charge in [-0.1, -0.05) is 30.3 Å². The average Bonchev–Trinajstić information content (AvgIpc) is 2.71. The number of ether oxygens (including phenoxy) is 1. The minimum absolute atomic E-state index is 0.0142. The lowest BCUT2D eigenvalue weighted by molar-refractivity contribution is -0.727. The first-order chi connectivity index (χ1) is 13.8. The Balaban J connectivity index is 1.82. The fourth-order valence-corrected chi connectivity index (χ4v) is 2.63. The van der Waals surface area contributed by atoms with Crippen LogP contribution >= 0.6 is 0 Å². The number of carbonyl (C=O) groups is 3. The topological polar surface area (TPSA) is 99.8 Å². The van der Waals surface area contributed by atoms with Gasteiger partial charge in [-0.15, -0.1) is 0 Å². The van der Waals surface area contributed by atoms with Gasteiger partial charge in [0.1, 0.15) is 6.04 Å². The van der Waals surface area contributed by atoms with Gasteiger partial charge in [0.25, 0.3) is 12.6 Å². The first-order valence-electron chi connectivity index (χ1n) is 9.24. The SMILES string of the molecule is C[C@@H](Cc1ccccc1)NC(=O)OC[n+]1ccc(C(=O)N(C)[C@@H](C)C(=O)O)cc1. The minimum atomic E-state index is -1.08. The number of amides is 2. The molecule has 2 atom stereocenters. The highest BCUT2D eigenvalue weighted by Gasteiger charge is 2.23.